The molecule has 2 N–H and O–H groups in total. The highest BCUT2D eigenvalue weighted by molar-refractivity contribution is 5.81. The number of rotatable bonds is 4. The quantitative estimate of drug-likeness (QED) is 0.657. The molecule has 0 aromatic heterocycles. The van der Waals surface area contributed by atoms with E-state index in [1.165, 1.54) is 4.90 Å². The third-order valence-electron chi connectivity index (χ3n) is 3.89. The molecule has 2 rings (SSSR count). The third kappa shape index (κ3) is 4.79. The van der Waals surface area contributed by atoms with E-state index in [0.717, 1.165) is 5.56 Å². The van der Waals surface area contributed by atoms with Gasteiger partial charge in [0.1, 0.15) is 24.4 Å². The van der Waals surface area contributed by atoms with Crippen LogP contribution in [-0.2, 0) is 25.7 Å². The average Bonchev–Trinajstić information content (AvgIpc) is 2.89. The number of aldehydes is 1. The summed E-state index contributed by atoms with van der Waals surface area (Å²) < 4.78 is 10.6. The van der Waals surface area contributed by atoms with E-state index < -0.39 is 35.7 Å². The van der Waals surface area contributed by atoms with Gasteiger partial charge in [-0.15, -0.1) is 0 Å². The number of hydrogen-bond acceptors (Lipinski definition) is 6. The van der Waals surface area contributed by atoms with Crippen molar-refractivity contribution < 1.29 is 23.9 Å². The first-order valence-corrected chi connectivity index (χ1v) is 8.14. The first-order chi connectivity index (χ1) is 11.7. The monoisotopic (exact) mass is 348 g/mol. The Balaban J connectivity index is 2.03. The minimum Gasteiger partial charge on any atom is -0.460 e. The van der Waals surface area contributed by atoms with Crippen LogP contribution in [0.1, 0.15) is 26.3 Å². The SMILES string of the molecule is CC(C)(C)OC(=O)[C@H]1C(C=O)CN(C(=O)OCc2ccccc2)C1N. The van der Waals surface area contributed by atoms with Crippen molar-refractivity contribution in [2.75, 3.05) is 6.54 Å². The molecule has 136 valence electrons. The number of hydrogen-bond donors (Lipinski definition) is 1. The second-order valence-electron chi connectivity index (χ2n) is 7.04. The van der Waals surface area contributed by atoms with Crippen molar-refractivity contribution in [3.8, 4) is 0 Å². The van der Waals surface area contributed by atoms with Crippen molar-refractivity contribution in [1.29, 1.82) is 0 Å². The summed E-state index contributed by atoms with van der Waals surface area (Å²) in [6.07, 6.45) is -0.985. The fraction of sp³-hybridized carbons (Fsp3) is 0.500. The Morgan fingerprint density at radius 2 is 1.92 bits per heavy atom. The van der Waals surface area contributed by atoms with Crippen molar-refractivity contribution in [3.05, 3.63) is 35.9 Å². The molecule has 1 heterocycles. The summed E-state index contributed by atoms with van der Waals surface area (Å²) in [5.74, 6) is -2.20. The Bertz CT molecular complexity index is 626. The Morgan fingerprint density at radius 3 is 2.48 bits per heavy atom. The predicted molar refractivity (Wildman–Crippen MR) is 90.2 cm³/mol. The van der Waals surface area contributed by atoms with Gasteiger partial charge in [-0.25, -0.2) is 4.79 Å². The second-order valence-corrected chi connectivity index (χ2v) is 7.04. The molecule has 7 nitrogen and oxygen atoms in total. The molecule has 0 spiro atoms. The van der Waals surface area contributed by atoms with Gasteiger partial charge >= 0.3 is 12.1 Å². The van der Waals surface area contributed by atoms with Gasteiger partial charge in [0.05, 0.1) is 6.17 Å². The van der Waals surface area contributed by atoms with E-state index in [-0.39, 0.29) is 13.2 Å². The van der Waals surface area contributed by atoms with Crippen LogP contribution in [0.15, 0.2) is 30.3 Å². The Kier molecular flexibility index (Phi) is 5.79. The second kappa shape index (κ2) is 7.65. The van der Waals surface area contributed by atoms with Crippen LogP contribution in [0.4, 0.5) is 4.79 Å². The maximum Gasteiger partial charge on any atom is 0.411 e. The molecule has 2 unspecified atom stereocenters. The molecule has 0 radical (unpaired) electrons. The molecule has 1 aliphatic heterocycles. The molecule has 1 aromatic carbocycles. The summed E-state index contributed by atoms with van der Waals surface area (Å²) in [7, 11) is 0. The van der Waals surface area contributed by atoms with Crippen LogP contribution in [0.3, 0.4) is 0 Å². The molecule has 0 aliphatic carbocycles. The molecule has 0 saturated carbocycles. The summed E-state index contributed by atoms with van der Waals surface area (Å²) >= 11 is 0. The molecule has 1 aliphatic rings. The molecule has 1 fully saturated rings. The molecule has 3 atom stereocenters. The largest absolute Gasteiger partial charge is 0.460 e. The topological polar surface area (TPSA) is 98.9 Å². The highest BCUT2D eigenvalue weighted by Crippen LogP contribution is 2.29. The van der Waals surface area contributed by atoms with Crippen LogP contribution < -0.4 is 5.73 Å². The number of amides is 1. The van der Waals surface area contributed by atoms with E-state index in [4.69, 9.17) is 15.2 Å². The average molecular weight is 348 g/mol. The van der Waals surface area contributed by atoms with E-state index in [9.17, 15) is 14.4 Å². The number of carbonyl (C=O) groups is 3. The summed E-state index contributed by atoms with van der Waals surface area (Å²) in [4.78, 5) is 37.2. The molecule has 25 heavy (non-hydrogen) atoms. The van der Waals surface area contributed by atoms with Crippen LogP contribution in [0.2, 0.25) is 0 Å². The van der Waals surface area contributed by atoms with Crippen molar-refractivity contribution in [2.24, 2.45) is 17.6 Å². The first-order valence-electron chi connectivity index (χ1n) is 8.14. The zero-order valence-corrected chi connectivity index (χ0v) is 14.7. The lowest BCUT2D eigenvalue weighted by Crippen LogP contribution is -2.47. The first kappa shape index (κ1) is 18.9. The van der Waals surface area contributed by atoms with Crippen LogP contribution >= 0.6 is 0 Å². The van der Waals surface area contributed by atoms with E-state index in [1.54, 1.807) is 20.8 Å². The summed E-state index contributed by atoms with van der Waals surface area (Å²) in [6, 6.07) is 9.20. The van der Waals surface area contributed by atoms with Gasteiger partial charge in [-0.1, -0.05) is 30.3 Å². The van der Waals surface area contributed by atoms with Gasteiger partial charge in [-0.3, -0.25) is 9.69 Å². The lowest BCUT2D eigenvalue weighted by Gasteiger charge is -2.26. The summed E-state index contributed by atoms with van der Waals surface area (Å²) in [5.41, 5.74) is 6.17. The standard InChI is InChI=1S/C18H24N2O5/c1-18(2,3)25-16(22)14-13(10-21)9-20(15(14)19)17(23)24-11-12-7-5-4-6-8-12/h4-8,10,13-15H,9,11,19H2,1-3H3/t13?,14-,15?/m0/s1. The fourth-order valence-corrected chi connectivity index (χ4v) is 2.72. The number of benzene rings is 1. The lowest BCUT2D eigenvalue weighted by atomic mass is 9.95. The van der Waals surface area contributed by atoms with Crippen LogP contribution in [0.5, 0.6) is 0 Å². The molecule has 7 heteroatoms. The Labute approximate surface area is 147 Å². The van der Waals surface area contributed by atoms with Gasteiger partial charge in [0.25, 0.3) is 0 Å². The lowest BCUT2D eigenvalue weighted by molar-refractivity contribution is -0.162. The minimum atomic E-state index is -0.965. The highest BCUT2D eigenvalue weighted by Gasteiger charge is 2.48. The number of esters is 1. The van der Waals surface area contributed by atoms with Gasteiger partial charge in [0.2, 0.25) is 0 Å². The smallest absolute Gasteiger partial charge is 0.411 e. The molecule has 1 amide bonds. The van der Waals surface area contributed by atoms with Gasteiger partial charge in [0.15, 0.2) is 0 Å². The van der Waals surface area contributed by atoms with Crippen molar-refractivity contribution in [2.45, 2.75) is 39.1 Å². The zero-order valence-electron chi connectivity index (χ0n) is 14.7. The predicted octanol–water partition coefficient (Wildman–Crippen LogP) is 1.70. The Morgan fingerprint density at radius 1 is 1.28 bits per heavy atom. The van der Waals surface area contributed by atoms with Crippen LogP contribution in [0.25, 0.3) is 0 Å². The number of nitrogens with two attached hydrogens (primary N) is 1. The number of carbonyl (C=O) groups excluding carboxylic acids is 3. The number of likely N-dealkylation sites (tertiary alicyclic amines) is 1. The summed E-state index contributed by atoms with van der Waals surface area (Å²) in [6.45, 7) is 5.31. The highest BCUT2D eigenvalue weighted by atomic mass is 16.6. The van der Waals surface area contributed by atoms with Crippen LogP contribution in [0, 0.1) is 11.8 Å². The minimum absolute atomic E-state index is 0.0300. The Hall–Kier alpha value is -2.41. The van der Waals surface area contributed by atoms with E-state index >= 15 is 0 Å². The van der Waals surface area contributed by atoms with Gasteiger partial charge in [0, 0.05) is 12.5 Å². The number of nitrogens with zero attached hydrogens (tertiary/aromatic N) is 1. The molecular formula is C18H24N2O5. The molecule has 0 bridgehead atoms. The maximum atomic E-state index is 12.3. The van der Waals surface area contributed by atoms with Crippen molar-refractivity contribution in [1.82, 2.24) is 4.90 Å². The van der Waals surface area contributed by atoms with Gasteiger partial charge < -0.3 is 20.0 Å². The zero-order chi connectivity index (χ0) is 18.6. The van der Waals surface area contributed by atoms with Gasteiger partial charge in [-0.05, 0) is 26.3 Å². The normalized spacial score (nSPS) is 23.2. The molecule has 1 saturated heterocycles. The number of ether oxygens (including phenoxy) is 2. The fourth-order valence-electron chi connectivity index (χ4n) is 2.72. The van der Waals surface area contributed by atoms with Crippen molar-refractivity contribution in [3.63, 3.8) is 0 Å². The third-order valence-corrected chi connectivity index (χ3v) is 3.89. The van der Waals surface area contributed by atoms with Crippen molar-refractivity contribution >= 4 is 18.3 Å². The molecular weight excluding hydrogens is 324 g/mol. The van der Waals surface area contributed by atoms with E-state index in [0.29, 0.717) is 6.29 Å². The van der Waals surface area contributed by atoms with Gasteiger partial charge in [-0.2, -0.15) is 0 Å². The maximum absolute atomic E-state index is 12.3. The van der Waals surface area contributed by atoms with E-state index in [2.05, 4.69) is 0 Å². The molecule has 1 aromatic rings. The summed E-state index contributed by atoms with van der Waals surface area (Å²) in [5, 5.41) is 0. The van der Waals surface area contributed by atoms with E-state index in [1.807, 2.05) is 30.3 Å². The van der Waals surface area contributed by atoms with Crippen LogP contribution in [-0.4, -0.2) is 41.6 Å².